The van der Waals surface area contributed by atoms with Crippen LogP contribution >= 0.6 is 0 Å². The Bertz CT molecular complexity index is 953. The number of amides is 1. The van der Waals surface area contributed by atoms with Gasteiger partial charge in [-0.05, 0) is 32.0 Å². The van der Waals surface area contributed by atoms with Gasteiger partial charge in [-0.25, -0.2) is 0 Å². The molecular weight excluding hydrogens is 430 g/mol. The van der Waals surface area contributed by atoms with Crippen LogP contribution in [0.2, 0.25) is 0 Å². The number of carbonyl (C=O) groups excluding carboxylic acids is 3. The fraction of sp³-hybridized carbons (Fsp3) is 0.565. The van der Waals surface area contributed by atoms with Gasteiger partial charge >= 0.3 is 11.9 Å². The zero-order chi connectivity index (χ0) is 24.3. The molecule has 0 unspecified atom stereocenters. The third-order valence-corrected chi connectivity index (χ3v) is 5.94. The van der Waals surface area contributed by atoms with E-state index in [9.17, 15) is 24.8 Å². The standard InChI is InChI=1S/C23H29N3O7/c1-14(27)31-12-17(13-32-15(2)28)25-7-8-26(20(29)11-25)21-18-9-16(10-24)5-6-19(18)33-23(3,4)22(21)30/h5-6,9,17,21-22,30H,7-8,11-13H2,1-4H3/t21-,22+/m1/s1. The predicted octanol–water partition coefficient (Wildman–Crippen LogP) is 0.770. The minimum Gasteiger partial charge on any atom is -0.485 e. The molecule has 0 spiro atoms. The molecule has 2 aliphatic heterocycles. The van der Waals surface area contributed by atoms with Gasteiger partial charge in [0.2, 0.25) is 5.91 Å². The zero-order valence-corrected chi connectivity index (χ0v) is 19.2. The van der Waals surface area contributed by atoms with Crippen molar-refractivity contribution in [3.8, 4) is 11.8 Å². The maximum Gasteiger partial charge on any atom is 0.302 e. The van der Waals surface area contributed by atoms with Gasteiger partial charge in [-0.1, -0.05) is 0 Å². The second kappa shape index (κ2) is 9.77. The van der Waals surface area contributed by atoms with Crippen molar-refractivity contribution in [2.75, 3.05) is 32.8 Å². The molecule has 10 nitrogen and oxygen atoms in total. The largest absolute Gasteiger partial charge is 0.485 e. The monoisotopic (exact) mass is 459 g/mol. The molecule has 33 heavy (non-hydrogen) atoms. The summed E-state index contributed by atoms with van der Waals surface area (Å²) >= 11 is 0. The van der Waals surface area contributed by atoms with Crippen LogP contribution in [0.25, 0.3) is 0 Å². The molecule has 0 saturated carbocycles. The molecule has 1 N–H and O–H groups in total. The van der Waals surface area contributed by atoms with Crippen molar-refractivity contribution in [3.63, 3.8) is 0 Å². The molecule has 178 valence electrons. The van der Waals surface area contributed by atoms with Gasteiger partial charge in [0.15, 0.2) is 0 Å². The van der Waals surface area contributed by atoms with Gasteiger partial charge in [-0.2, -0.15) is 5.26 Å². The summed E-state index contributed by atoms with van der Waals surface area (Å²) in [7, 11) is 0. The van der Waals surface area contributed by atoms with Gasteiger partial charge in [0, 0.05) is 32.5 Å². The van der Waals surface area contributed by atoms with Gasteiger partial charge in [0.25, 0.3) is 0 Å². The van der Waals surface area contributed by atoms with E-state index in [1.165, 1.54) is 13.8 Å². The van der Waals surface area contributed by atoms with Gasteiger partial charge in [-0.3, -0.25) is 19.3 Å². The molecule has 0 aliphatic carbocycles. The summed E-state index contributed by atoms with van der Waals surface area (Å²) in [6.45, 7) is 6.72. The van der Waals surface area contributed by atoms with E-state index >= 15 is 0 Å². The number of ether oxygens (including phenoxy) is 3. The smallest absolute Gasteiger partial charge is 0.302 e. The molecule has 2 atom stereocenters. The van der Waals surface area contributed by atoms with Crippen LogP contribution in [0.15, 0.2) is 18.2 Å². The molecule has 1 saturated heterocycles. The van der Waals surface area contributed by atoms with Crippen molar-refractivity contribution in [3.05, 3.63) is 29.3 Å². The number of aliphatic hydroxyl groups excluding tert-OH is 1. The van der Waals surface area contributed by atoms with Crippen molar-refractivity contribution in [2.45, 2.75) is 51.5 Å². The number of rotatable bonds is 6. The molecule has 1 amide bonds. The Hall–Kier alpha value is -3.16. The molecule has 10 heteroatoms. The third-order valence-electron chi connectivity index (χ3n) is 5.94. The lowest BCUT2D eigenvalue weighted by molar-refractivity contribution is -0.155. The number of fused-ring (bicyclic) bond motifs is 1. The average molecular weight is 459 g/mol. The topological polar surface area (TPSA) is 129 Å². The summed E-state index contributed by atoms with van der Waals surface area (Å²) in [5, 5.41) is 20.4. The van der Waals surface area contributed by atoms with Crippen LogP contribution < -0.4 is 4.74 Å². The van der Waals surface area contributed by atoms with E-state index in [1.807, 2.05) is 0 Å². The molecule has 2 heterocycles. The molecule has 0 bridgehead atoms. The van der Waals surface area contributed by atoms with Gasteiger partial charge in [0.05, 0.1) is 30.3 Å². The summed E-state index contributed by atoms with van der Waals surface area (Å²) in [4.78, 5) is 39.2. The summed E-state index contributed by atoms with van der Waals surface area (Å²) < 4.78 is 16.2. The Morgan fingerprint density at radius 3 is 2.42 bits per heavy atom. The Labute approximate surface area is 192 Å². The Balaban J connectivity index is 1.83. The first-order valence-corrected chi connectivity index (χ1v) is 10.7. The average Bonchev–Trinajstić information content (AvgIpc) is 2.74. The van der Waals surface area contributed by atoms with E-state index in [-0.39, 0.29) is 32.2 Å². The zero-order valence-electron chi connectivity index (χ0n) is 19.2. The number of aliphatic hydroxyl groups is 1. The predicted molar refractivity (Wildman–Crippen MR) is 115 cm³/mol. The van der Waals surface area contributed by atoms with E-state index in [1.54, 1.807) is 41.8 Å². The summed E-state index contributed by atoms with van der Waals surface area (Å²) in [5.41, 5.74) is 0.0402. The minimum atomic E-state index is -1.02. The van der Waals surface area contributed by atoms with E-state index in [0.717, 1.165) is 0 Å². The van der Waals surface area contributed by atoms with Crippen LogP contribution in [-0.4, -0.2) is 83.3 Å². The highest BCUT2D eigenvalue weighted by atomic mass is 16.5. The fourth-order valence-corrected chi connectivity index (χ4v) is 4.17. The second-order valence-electron chi connectivity index (χ2n) is 8.78. The Morgan fingerprint density at radius 1 is 1.24 bits per heavy atom. The number of nitriles is 1. The van der Waals surface area contributed by atoms with Crippen LogP contribution in [0.5, 0.6) is 5.75 Å². The van der Waals surface area contributed by atoms with Gasteiger partial charge in [0.1, 0.15) is 30.7 Å². The molecule has 3 rings (SSSR count). The minimum absolute atomic E-state index is 0.00895. The fourth-order valence-electron chi connectivity index (χ4n) is 4.17. The van der Waals surface area contributed by atoms with Crippen LogP contribution in [0.1, 0.15) is 44.9 Å². The number of benzene rings is 1. The van der Waals surface area contributed by atoms with Gasteiger partial charge < -0.3 is 24.2 Å². The summed E-state index contributed by atoms with van der Waals surface area (Å²) in [6, 6.07) is 5.88. The summed E-state index contributed by atoms with van der Waals surface area (Å²) in [5.74, 6) is -0.658. The van der Waals surface area contributed by atoms with E-state index in [2.05, 4.69) is 6.07 Å². The molecule has 1 aromatic rings. The van der Waals surface area contributed by atoms with Crippen LogP contribution in [0, 0.1) is 11.3 Å². The molecule has 0 aromatic heterocycles. The third kappa shape index (κ3) is 5.43. The maximum absolute atomic E-state index is 13.3. The van der Waals surface area contributed by atoms with Crippen LogP contribution in [0.3, 0.4) is 0 Å². The van der Waals surface area contributed by atoms with E-state index in [0.29, 0.717) is 23.4 Å². The SMILES string of the molecule is CC(=O)OCC(COC(C)=O)N1CCN([C@@H]2c3cc(C#N)ccc3OC(C)(C)[C@H]2O)C(=O)C1. The molecule has 1 aromatic carbocycles. The quantitative estimate of drug-likeness (QED) is 0.613. The Morgan fingerprint density at radius 2 is 1.88 bits per heavy atom. The van der Waals surface area contributed by atoms with E-state index < -0.39 is 35.7 Å². The number of hydrogen-bond acceptors (Lipinski definition) is 9. The lowest BCUT2D eigenvalue weighted by atomic mass is 9.84. The summed E-state index contributed by atoms with van der Waals surface area (Å²) in [6.07, 6.45) is -1.02. The highest BCUT2D eigenvalue weighted by Gasteiger charge is 2.48. The molecular formula is C23H29N3O7. The highest BCUT2D eigenvalue weighted by Crippen LogP contribution is 2.43. The van der Waals surface area contributed by atoms with Crippen molar-refractivity contribution in [1.29, 1.82) is 5.26 Å². The molecule has 1 fully saturated rings. The number of nitrogens with zero attached hydrogens (tertiary/aromatic N) is 3. The number of carbonyl (C=O) groups is 3. The number of esters is 2. The molecule has 0 radical (unpaired) electrons. The highest BCUT2D eigenvalue weighted by molar-refractivity contribution is 5.80. The van der Waals surface area contributed by atoms with Crippen molar-refractivity contribution in [1.82, 2.24) is 9.80 Å². The van der Waals surface area contributed by atoms with Gasteiger partial charge in [-0.15, -0.1) is 0 Å². The maximum atomic E-state index is 13.3. The van der Waals surface area contributed by atoms with Crippen molar-refractivity contribution in [2.24, 2.45) is 0 Å². The lowest BCUT2D eigenvalue weighted by Crippen LogP contribution is -2.61. The van der Waals surface area contributed by atoms with Crippen molar-refractivity contribution >= 4 is 17.8 Å². The first kappa shape index (κ1) is 24.5. The Kier molecular flexibility index (Phi) is 7.25. The van der Waals surface area contributed by atoms with Crippen LogP contribution in [0.4, 0.5) is 0 Å². The van der Waals surface area contributed by atoms with E-state index in [4.69, 9.17) is 14.2 Å². The second-order valence-corrected chi connectivity index (χ2v) is 8.78. The van der Waals surface area contributed by atoms with Crippen molar-refractivity contribution < 1.29 is 33.7 Å². The first-order chi connectivity index (χ1) is 15.5. The van der Waals surface area contributed by atoms with Crippen LogP contribution in [-0.2, 0) is 23.9 Å². The molecule has 2 aliphatic rings. The lowest BCUT2D eigenvalue weighted by Gasteiger charge is -2.48. The number of hydrogen-bond donors (Lipinski definition) is 1. The normalized spacial score (nSPS) is 22.2. The first-order valence-electron chi connectivity index (χ1n) is 10.7. The number of piperazine rings is 1.